The molecule has 0 saturated carbocycles. The molecule has 0 fully saturated rings. The van der Waals surface area contributed by atoms with Crippen molar-refractivity contribution in [3.05, 3.63) is 44.9 Å². The van der Waals surface area contributed by atoms with Crippen LogP contribution in [-0.4, -0.2) is 45.9 Å². The maximum atomic E-state index is 12.5. The van der Waals surface area contributed by atoms with Crippen LogP contribution >= 0.6 is 15.5 Å². The van der Waals surface area contributed by atoms with Gasteiger partial charge in [-0.3, -0.25) is 13.9 Å². The molecule has 0 saturated heterocycles. The van der Waals surface area contributed by atoms with Gasteiger partial charge in [-0.15, -0.1) is 7.17 Å². The number of hydrogen-bond donors (Lipinski definition) is 0. The molecule has 1 aromatic rings. The summed E-state index contributed by atoms with van der Waals surface area (Å²) in [4.78, 5) is 24.5. The average molecular weight is 455 g/mol. The molecule has 0 aliphatic heterocycles. The fraction of sp³-hybridized carbons (Fsp3) is 0.550. The topological polar surface area (TPSA) is 95.5 Å². The summed E-state index contributed by atoms with van der Waals surface area (Å²) in [5.41, 5.74) is -0.289. The summed E-state index contributed by atoms with van der Waals surface area (Å²) in [6.45, 7) is 13.9. The molecule has 30 heavy (non-hydrogen) atoms. The lowest BCUT2D eigenvalue weighted by Gasteiger charge is -2.25. The lowest BCUT2D eigenvalue weighted by atomic mass is 10.3. The van der Waals surface area contributed by atoms with Gasteiger partial charge in [0.05, 0.1) is 31.4 Å². The Morgan fingerprint density at radius 3 is 2.63 bits per heavy atom. The summed E-state index contributed by atoms with van der Waals surface area (Å²) >= 11 is 0. The quantitative estimate of drug-likeness (QED) is 0.289. The van der Waals surface area contributed by atoms with Crippen LogP contribution in [0.3, 0.4) is 0 Å². The first-order valence-corrected chi connectivity index (χ1v) is 12.5. The van der Waals surface area contributed by atoms with Crippen molar-refractivity contribution in [3.8, 4) is 6.07 Å². The van der Waals surface area contributed by atoms with Crippen molar-refractivity contribution >= 4 is 26.4 Å². The van der Waals surface area contributed by atoms with Gasteiger partial charge in [0.1, 0.15) is 12.7 Å². The molecule has 166 valence electrons. The molecular weight excluding hydrogens is 424 g/mol. The Bertz CT molecular complexity index is 997. The van der Waals surface area contributed by atoms with E-state index in [4.69, 9.17) is 19.0 Å². The van der Waals surface area contributed by atoms with E-state index in [1.807, 2.05) is 13.8 Å². The van der Waals surface area contributed by atoms with Gasteiger partial charge in [-0.2, -0.15) is 5.26 Å². The van der Waals surface area contributed by atoms with Gasteiger partial charge in [0.25, 0.3) is 5.56 Å². The Morgan fingerprint density at radius 2 is 2.07 bits per heavy atom. The van der Waals surface area contributed by atoms with Gasteiger partial charge >= 0.3 is 5.69 Å². The van der Waals surface area contributed by atoms with Crippen LogP contribution in [0.4, 0.5) is 0 Å². The first-order chi connectivity index (χ1) is 14.1. The minimum absolute atomic E-state index is 0.175. The maximum Gasteiger partial charge on any atom is 0.330 e. The van der Waals surface area contributed by atoms with E-state index < -0.39 is 27.3 Å². The molecule has 1 heterocycles. The average Bonchev–Trinajstić information content (AvgIpc) is 2.72. The molecule has 0 aliphatic rings. The molecule has 8 nitrogen and oxygen atoms in total. The van der Waals surface area contributed by atoms with Crippen molar-refractivity contribution in [2.75, 3.05) is 19.9 Å². The van der Waals surface area contributed by atoms with Crippen molar-refractivity contribution in [2.45, 2.75) is 46.8 Å². The van der Waals surface area contributed by atoms with E-state index in [-0.39, 0.29) is 31.7 Å². The van der Waals surface area contributed by atoms with E-state index >= 15 is 0 Å². The Labute approximate surface area is 179 Å². The molecule has 0 spiro atoms. The lowest BCUT2D eigenvalue weighted by molar-refractivity contribution is 0.0757. The number of nitriles is 1. The predicted octanol–water partition coefficient (Wildman–Crippen LogP) is 3.12. The molecule has 0 radical (unpaired) electrons. The third-order valence-electron chi connectivity index (χ3n) is 4.27. The van der Waals surface area contributed by atoms with Crippen molar-refractivity contribution in [1.82, 2.24) is 9.13 Å². The molecule has 0 N–H and O–H groups in total. The number of allylic oxidation sites excluding steroid dienone is 1. The van der Waals surface area contributed by atoms with Crippen LogP contribution in [0.25, 0.3) is 0 Å². The minimum atomic E-state index is -1.41. The summed E-state index contributed by atoms with van der Waals surface area (Å²) in [6, 6.07) is 2.07. The van der Waals surface area contributed by atoms with E-state index in [1.54, 1.807) is 13.8 Å². The van der Waals surface area contributed by atoms with Gasteiger partial charge in [-0.1, -0.05) is 12.4 Å². The molecule has 3 unspecified atom stereocenters. The third kappa shape index (κ3) is 7.74. The molecule has 0 amide bonds. The van der Waals surface area contributed by atoms with Gasteiger partial charge in [0.2, 0.25) is 8.38 Å². The highest BCUT2D eigenvalue weighted by molar-refractivity contribution is 7.83. The number of aryl methyl sites for hydroxylation is 1. The molecule has 0 aliphatic carbocycles. The summed E-state index contributed by atoms with van der Waals surface area (Å²) in [5, 5.41) is 9.91. The van der Waals surface area contributed by atoms with Crippen molar-refractivity contribution in [2.24, 2.45) is 7.05 Å². The first-order valence-electron chi connectivity index (χ1n) is 9.50. The zero-order chi connectivity index (χ0) is 22.8. The zero-order valence-corrected chi connectivity index (χ0v) is 20.3. The summed E-state index contributed by atoms with van der Waals surface area (Å²) < 4.78 is 20.3. The number of aromatic nitrogens is 2. The SMILES string of the molecule is C=C(C)OCC(Cn1cc(C)c(=O)n(C)c1=O)OP(OCCC#N)C(C)=P(C)=CC. The minimum Gasteiger partial charge on any atom is -0.496 e. The van der Waals surface area contributed by atoms with Gasteiger partial charge < -0.3 is 13.8 Å². The van der Waals surface area contributed by atoms with Gasteiger partial charge in [0, 0.05) is 23.8 Å². The molecule has 3 atom stereocenters. The second-order valence-corrected chi connectivity index (χ2v) is 11.2. The van der Waals surface area contributed by atoms with E-state index in [9.17, 15) is 9.59 Å². The van der Waals surface area contributed by atoms with Crippen LogP contribution < -0.4 is 11.2 Å². The second-order valence-electron chi connectivity index (χ2n) is 6.77. The smallest absolute Gasteiger partial charge is 0.330 e. The normalized spacial score (nSPS) is 14.0. The van der Waals surface area contributed by atoms with E-state index in [0.29, 0.717) is 11.3 Å². The van der Waals surface area contributed by atoms with E-state index in [0.717, 1.165) is 9.60 Å². The van der Waals surface area contributed by atoms with E-state index in [1.165, 1.54) is 17.8 Å². The Balaban J connectivity index is 3.25. The van der Waals surface area contributed by atoms with Crippen LogP contribution in [0.1, 0.15) is 32.8 Å². The standard InChI is InChI=1S/C20H31N3O5P2/c1-8-29(7)17(5)30(27-11-9-10-21)28-18(14-26-15(2)3)13-23-12-16(4)19(24)22(6)20(23)25/h8,12,18H,2,9,11,13-14H2,1,3-7H3. The number of rotatable bonds is 11. The Morgan fingerprint density at radius 1 is 1.40 bits per heavy atom. The number of hydrogen-bond acceptors (Lipinski definition) is 6. The fourth-order valence-electron chi connectivity index (χ4n) is 2.42. The van der Waals surface area contributed by atoms with Crippen LogP contribution in [0, 0.1) is 18.3 Å². The molecule has 10 heteroatoms. The van der Waals surface area contributed by atoms with Crippen molar-refractivity contribution in [1.29, 1.82) is 5.26 Å². The summed E-state index contributed by atoms with van der Waals surface area (Å²) in [5.74, 6) is 2.64. The second kappa shape index (κ2) is 12.7. The largest absolute Gasteiger partial charge is 0.496 e. The van der Waals surface area contributed by atoms with Gasteiger partial charge in [-0.25, -0.2) is 4.79 Å². The van der Waals surface area contributed by atoms with E-state index in [2.05, 4.69) is 25.1 Å². The highest BCUT2D eigenvalue weighted by Crippen LogP contribution is 2.45. The van der Waals surface area contributed by atoms with Crippen LogP contribution in [-0.2, 0) is 27.4 Å². The monoisotopic (exact) mass is 455 g/mol. The van der Waals surface area contributed by atoms with Crippen LogP contribution in [0.5, 0.6) is 0 Å². The molecular formula is C20H31N3O5P2. The van der Waals surface area contributed by atoms with Crippen LogP contribution in [0.2, 0.25) is 0 Å². The summed E-state index contributed by atoms with van der Waals surface area (Å²) in [6.07, 6.45) is 1.28. The molecule has 0 bridgehead atoms. The number of ether oxygens (including phenoxy) is 1. The lowest BCUT2D eigenvalue weighted by Crippen LogP contribution is -2.41. The fourth-order valence-corrected chi connectivity index (χ4v) is 5.54. The predicted molar refractivity (Wildman–Crippen MR) is 125 cm³/mol. The first kappa shape index (κ1) is 26.1. The maximum absolute atomic E-state index is 12.5. The molecule has 1 aromatic heterocycles. The summed E-state index contributed by atoms with van der Waals surface area (Å²) in [7, 11) is -0.474. The third-order valence-corrected chi connectivity index (χ3v) is 8.94. The Kier molecular flexibility index (Phi) is 11.1. The highest BCUT2D eigenvalue weighted by atomic mass is 31.2. The Hall–Kier alpha value is -1.90. The van der Waals surface area contributed by atoms with Crippen LogP contribution in [0.15, 0.2) is 28.1 Å². The highest BCUT2D eigenvalue weighted by Gasteiger charge is 2.23. The van der Waals surface area contributed by atoms with Gasteiger partial charge in [-0.05, 0) is 34.4 Å². The number of nitrogens with zero attached hydrogens (tertiary/aromatic N) is 3. The van der Waals surface area contributed by atoms with Crippen molar-refractivity contribution in [3.63, 3.8) is 0 Å². The van der Waals surface area contributed by atoms with Crippen molar-refractivity contribution < 1.29 is 13.8 Å². The van der Waals surface area contributed by atoms with Gasteiger partial charge in [0.15, 0.2) is 0 Å². The molecule has 1 rings (SSSR count). The zero-order valence-electron chi connectivity index (χ0n) is 18.5. The molecule has 0 aromatic carbocycles.